The lowest BCUT2D eigenvalue weighted by Crippen LogP contribution is -2.17. The van der Waals surface area contributed by atoms with E-state index in [0.717, 1.165) is 0 Å². The molecule has 0 saturated heterocycles. The van der Waals surface area contributed by atoms with Crippen molar-refractivity contribution in [2.24, 2.45) is 0 Å². The number of hydrogen-bond acceptors (Lipinski definition) is 6. The Bertz CT molecular complexity index is 571. The van der Waals surface area contributed by atoms with Crippen LogP contribution in [0.3, 0.4) is 0 Å². The Morgan fingerprint density at radius 3 is 2.65 bits per heavy atom. The SMILES string of the molecule is COC(=O)CCCS(=O)(=O)Nc1ccc(N)c(OC)c1. The molecule has 0 bridgehead atoms. The number of hydrogen-bond donors (Lipinski definition) is 2. The Balaban J connectivity index is 2.64. The summed E-state index contributed by atoms with van der Waals surface area (Å²) in [6.07, 6.45) is 0.247. The predicted molar refractivity (Wildman–Crippen MR) is 76.1 cm³/mol. The minimum Gasteiger partial charge on any atom is -0.495 e. The summed E-state index contributed by atoms with van der Waals surface area (Å²) in [6, 6.07) is 4.58. The van der Waals surface area contributed by atoms with Gasteiger partial charge in [-0.15, -0.1) is 0 Å². The van der Waals surface area contributed by atoms with E-state index in [0.29, 0.717) is 17.1 Å². The monoisotopic (exact) mass is 302 g/mol. The molecule has 0 unspecified atom stereocenters. The fourth-order valence-corrected chi connectivity index (χ4v) is 2.63. The summed E-state index contributed by atoms with van der Waals surface area (Å²) in [5.41, 5.74) is 6.41. The molecule has 0 heterocycles. The Kier molecular flexibility index (Phi) is 5.63. The number of nitrogens with one attached hydrogen (secondary N) is 1. The highest BCUT2D eigenvalue weighted by Gasteiger charge is 2.13. The molecule has 0 aliphatic carbocycles. The zero-order chi connectivity index (χ0) is 15.2. The first-order valence-corrected chi connectivity index (χ1v) is 7.54. The van der Waals surface area contributed by atoms with Crippen LogP contribution in [0.1, 0.15) is 12.8 Å². The van der Waals surface area contributed by atoms with Gasteiger partial charge in [0, 0.05) is 12.5 Å². The fraction of sp³-hybridized carbons (Fsp3) is 0.417. The summed E-state index contributed by atoms with van der Waals surface area (Å²) in [4.78, 5) is 10.9. The molecule has 7 nitrogen and oxygen atoms in total. The number of carbonyl (C=O) groups excluding carboxylic acids is 1. The molecule has 0 amide bonds. The summed E-state index contributed by atoms with van der Waals surface area (Å²) >= 11 is 0. The number of esters is 1. The van der Waals surface area contributed by atoms with E-state index in [9.17, 15) is 13.2 Å². The summed E-state index contributed by atoms with van der Waals surface area (Å²) in [5, 5.41) is 0. The number of nitrogen functional groups attached to an aromatic ring is 1. The highest BCUT2D eigenvalue weighted by Crippen LogP contribution is 2.25. The number of rotatable bonds is 7. The number of sulfonamides is 1. The van der Waals surface area contributed by atoms with Gasteiger partial charge in [0.1, 0.15) is 5.75 Å². The number of carbonyl (C=O) groups is 1. The Labute approximate surface area is 118 Å². The summed E-state index contributed by atoms with van der Waals surface area (Å²) in [5.74, 6) is -0.219. The van der Waals surface area contributed by atoms with E-state index in [1.807, 2.05) is 0 Å². The van der Waals surface area contributed by atoms with Crippen LogP contribution in [0.5, 0.6) is 5.75 Å². The molecular weight excluding hydrogens is 284 g/mol. The second-order valence-corrected chi connectivity index (χ2v) is 5.90. The Hall–Kier alpha value is -1.96. The molecule has 20 heavy (non-hydrogen) atoms. The molecule has 1 rings (SSSR count). The van der Waals surface area contributed by atoms with Gasteiger partial charge in [0.25, 0.3) is 0 Å². The molecule has 0 aromatic heterocycles. The van der Waals surface area contributed by atoms with Crippen molar-refractivity contribution in [3.8, 4) is 5.75 Å². The minimum atomic E-state index is -3.53. The number of anilines is 2. The van der Waals surface area contributed by atoms with Gasteiger partial charge in [0.2, 0.25) is 10.0 Å². The van der Waals surface area contributed by atoms with Crippen LogP contribution in [0.25, 0.3) is 0 Å². The zero-order valence-electron chi connectivity index (χ0n) is 11.4. The predicted octanol–water partition coefficient (Wildman–Crippen LogP) is 0.972. The lowest BCUT2D eigenvalue weighted by Gasteiger charge is -2.10. The van der Waals surface area contributed by atoms with Crippen LogP contribution in [0.4, 0.5) is 11.4 Å². The second-order valence-electron chi connectivity index (χ2n) is 4.06. The normalized spacial score (nSPS) is 10.9. The van der Waals surface area contributed by atoms with E-state index < -0.39 is 16.0 Å². The van der Waals surface area contributed by atoms with Crippen LogP contribution in [0.15, 0.2) is 18.2 Å². The van der Waals surface area contributed by atoms with Gasteiger partial charge in [-0.2, -0.15) is 0 Å². The third-order valence-corrected chi connectivity index (χ3v) is 3.90. The second kappa shape index (κ2) is 6.99. The van der Waals surface area contributed by atoms with Crippen molar-refractivity contribution in [2.45, 2.75) is 12.8 Å². The molecule has 112 valence electrons. The number of benzene rings is 1. The van der Waals surface area contributed by atoms with Crippen LogP contribution in [-0.4, -0.2) is 34.4 Å². The lowest BCUT2D eigenvalue weighted by molar-refractivity contribution is -0.140. The minimum absolute atomic E-state index is 0.0580. The molecule has 1 aromatic rings. The van der Waals surface area contributed by atoms with E-state index >= 15 is 0 Å². The van der Waals surface area contributed by atoms with Crippen LogP contribution in [0, 0.1) is 0 Å². The van der Waals surface area contributed by atoms with Crippen LogP contribution < -0.4 is 15.2 Å². The first-order valence-electron chi connectivity index (χ1n) is 5.89. The van der Waals surface area contributed by atoms with Crippen LogP contribution in [0.2, 0.25) is 0 Å². The number of ether oxygens (including phenoxy) is 2. The molecule has 8 heteroatoms. The topological polar surface area (TPSA) is 108 Å². The lowest BCUT2D eigenvalue weighted by atomic mass is 10.2. The van der Waals surface area contributed by atoms with E-state index in [1.165, 1.54) is 26.4 Å². The summed E-state index contributed by atoms with van der Waals surface area (Å²) in [7, 11) is -0.826. The van der Waals surface area contributed by atoms with Crippen molar-refractivity contribution in [1.29, 1.82) is 0 Å². The number of nitrogens with two attached hydrogens (primary N) is 1. The fourth-order valence-electron chi connectivity index (χ4n) is 1.51. The Morgan fingerprint density at radius 2 is 2.05 bits per heavy atom. The highest BCUT2D eigenvalue weighted by molar-refractivity contribution is 7.92. The molecule has 3 N–H and O–H groups in total. The van der Waals surface area contributed by atoms with Crippen molar-refractivity contribution in [3.05, 3.63) is 18.2 Å². The van der Waals surface area contributed by atoms with Gasteiger partial charge in [-0.05, 0) is 18.6 Å². The van der Waals surface area contributed by atoms with Gasteiger partial charge < -0.3 is 15.2 Å². The molecular formula is C12H18N2O5S. The van der Waals surface area contributed by atoms with Gasteiger partial charge in [-0.1, -0.05) is 0 Å². The van der Waals surface area contributed by atoms with Crippen molar-refractivity contribution in [1.82, 2.24) is 0 Å². The molecule has 0 spiro atoms. The zero-order valence-corrected chi connectivity index (χ0v) is 12.2. The van der Waals surface area contributed by atoms with E-state index in [-0.39, 0.29) is 18.6 Å². The summed E-state index contributed by atoms with van der Waals surface area (Å²) < 4.78 is 35.5. The van der Waals surface area contributed by atoms with E-state index in [2.05, 4.69) is 9.46 Å². The molecule has 0 saturated carbocycles. The van der Waals surface area contributed by atoms with Gasteiger partial charge in [0.15, 0.2) is 0 Å². The van der Waals surface area contributed by atoms with E-state index in [1.54, 1.807) is 6.07 Å². The maximum atomic E-state index is 11.8. The summed E-state index contributed by atoms with van der Waals surface area (Å²) in [6.45, 7) is 0. The third kappa shape index (κ3) is 4.96. The number of methoxy groups -OCH3 is 2. The highest BCUT2D eigenvalue weighted by atomic mass is 32.2. The van der Waals surface area contributed by atoms with Crippen LogP contribution in [-0.2, 0) is 19.6 Å². The maximum absolute atomic E-state index is 11.8. The first kappa shape index (κ1) is 16.1. The quantitative estimate of drug-likeness (QED) is 0.574. The van der Waals surface area contributed by atoms with Crippen molar-refractivity contribution < 1.29 is 22.7 Å². The molecule has 0 radical (unpaired) electrons. The van der Waals surface area contributed by atoms with E-state index in [4.69, 9.17) is 10.5 Å². The average molecular weight is 302 g/mol. The maximum Gasteiger partial charge on any atom is 0.305 e. The van der Waals surface area contributed by atoms with Crippen LogP contribution >= 0.6 is 0 Å². The molecule has 0 aliphatic heterocycles. The Morgan fingerprint density at radius 1 is 1.35 bits per heavy atom. The van der Waals surface area contributed by atoms with Gasteiger partial charge in [-0.3, -0.25) is 9.52 Å². The van der Waals surface area contributed by atoms with Crippen molar-refractivity contribution in [3.63, 3.8) is 0 Å². The van der Waals surface area contributed by atoms with Gasteiger partial charge >= 0.3 is 5.97 Å². The molecule has 0 aliphatic rings. The van der Waals surface area contributed by atoms with Gasteiger partial charge in [-0.25, -0.2) is 8.42 Å². The van der Waals surface area contributed by atoms with Crippen molar-refractivity contribution >= 4 is 27.4 Å². The third-order valence-electron chi connectivity index (χ3n) is 2.53. The molecule has 0 atom stereocenters. The standard InChI is InChI=1S/C12H18N2O5S/c1-18-11-8-9(5-6-10(11)13)14-20(16,17)7-3-4-12(15)19-2/h5-6,8,14H,3-4,7,13H2,1-2H3. The molecule has 1 aromatic carbocycles. The van der Waals surface area contributed by atoms with Crippen molar-refractivity contribution in [2.75, 3.05) is 30.4 Å². The molecule has 0 fully saturated rings. The van der Waals surface area contributed by atoms with Gasteiger partial charge in [0.05, 0.1) is 31.3 Å². The first-order chi connectivity index (χ1) is 9.38. The largest absolute Gasteiger partial charge is 0.495 e. The average Bonchev–Trinajstić information content (AvgIpc) is 2.40. The smallest absolute Gasteiger partial charge is 0.305 e.